The minimum atomic E-state index is -3.22. The molecule has 0 aromatic heterocycles. The number of amides is 1. The Bertz CT molecular complexity index is 818. The molecule has 0 aliphatic rings. The van der Waals surface area contributed by atoms with Gasteiger partial charge in [0.25, 0.3) is 0 Å². The standard InChI is InChI=1S/C18H22N2O3S.ClH/c1-13(15-6-10-17(11-7-15)24(3,22)23)20(2)18(21)12-14-4-8-16(19)9-5-14;/h4-11,13H,12,19H2,1-3H3;1H. The normalized spacial score (nSPS) is 12.1. The maximum absolute atomic E-state index is 12.4. The van der Waals surface area contributed by atoms with E-state index in [4.69, 9.17) is 5.73 Å². The highest BCUT2D eigenvalue weighted by atomic mass is 35.5. The molecule has 2 N–H and O–H groups in total. The predicted molar refractivity (Wildman–Crippen MR) is 103 cm³/mol. The van der Waals surface area contributed by atoms with E-state index >= 15 is 0 Å². The number of carbonyl (C=O) groups is 1. The summed E-state index contributed by atoms with van der Waals surface area (Å²) in [7, 11) is -1.47. The summed E-state index contributed by atoms with van der Waals surface area (Å²) < 4.78 is 23.0. The molecule has 0 aliphatic heterocycles. The predicted octanol–water partition coefficient (Wildman–Crippen LogP) is 2.86. The number of anilines is 1. The van der Waals surface area contributed by atoms with E-state index in [1.807, 2.05) is 19.1 Å². The van der Waals surface area contributed by atoms with Crippen molar-refractivity contribution in [3.05, 3.63) is 59.7 Å². The number of benzene rings is 2. The van der Waals surface area contributed by atoms with Gasteiger partial charge in [-0.2, -0.15) is 0 Å². The van der Waals surface area contributed by atoms with Crippen LogP contribution in [0.3, 0.4) is 0 Å². The van der Waals surface area contributed by atoms with Gasteiger partial charge in [0.1, 0.15) is 0 Å². The minimum Gasteiger partial charge on any atom is -0.399 e. The third-order valence-corrected chi connectivity index (χ3v) is 5.23. The number of hydrogen-bond donors (Lipinski definition) is 1. The summed E-state index contributed by atoms with van der Waals surface area (Å²) in [5.41, 5.74) is 8.10. The molecule has 0 radical (unpaired) electrons. The average Bonchev–Trinajstić information content (AvgIpc) is 2.55. The van der Waals surface area contributed by atoms with Crippen molar-refractivity contribution in [2.75, 3.05) is 19.0 Å². The maximum Gasteiger partial charge on any atom is 0.227 e. The first-order valence-electron chi connectivity index (χ1n) is 7.58. The number of hydrogen-bond acceptors (Lipinski definition) is 4. The Balaban J connectivity index is 0.00000312. The van der Waals surface area contributed by atoms with Crippen LogP contribution in [0.25, 0.3) is 0 Å². The van der Waals surface area contributed by atoms with E-state index < -0.39 is 9.84 Å². The minimum absolute atomic E-state index is 0. The zero-order chi connectivity index (χ0) is 17.9. The Morgan fingerprint density at radius 1 is 1.08 bits per heavy atom. The third-order valence-electron chi connectivity index (χ3n) is 4.10. The van der Waals surface area contributed by atoms with Gasteiger partial charge in [0.2, 0.25) is 5.91 Å². The van der Waals surface area contributed by atoms with Gasteiger partial charge in [-0.3, -0.25) is 4.79 Å². The Kier molecular flexibility index (Phi) is 7.02. The van der Waals surface area contributed by atoms with Gasteiger partial charge in [-0.25, -0.2) is 8.42 Å². The first-order valence-corrected chi connectivity index (χ1v) is 9.47. The first kappa shape index (κ1) is 21.0. The van der Waals surface area contributed by atoms with Crippen LogP contribution in [0.2, 0.25) is 0 Å². The molecule has 2 rings (SSSR count). The highest BCUT2D eigenvalue weighted by molar-refractivity contribution is 7.90. The van der Waals surface area contributed by atoms with Crippen LogP contribution in [0, 0.1) is 0 Å². The average molecular weight is 383 g/mol. The molecule has 0 aliphatic carbocycles. The quantitative estimate of drug-likeness (QED) is 0.806. The van der Waals surface area contributed by atoms with Crippen LogP contribution < -0.4 is 5.73 Å². The molecule has 1 atom stereocenters. The molecule has 1 unspecified atom stereocenters. The second-order valence-corrected chi connectivity index (χ2v) is 7.96. The zero-order valence-corrected chi connectivity index (χ0v) is 16.1. The molecule has 5 nitrogen and oxygen atoms in total. The van der Waals surface area contributed by atoms with Crippen molar-refractivity contribution < 1.29 is 13.2 Å². The second kappa shape index (κ2) is 8.36. The van der Waals surface area contributed by atoms with E-state index in [1.54, 1.807) is 48.3 Å². The van der Waals surface area contributed by atoms with E-state index in [2.05, 4.69) is 0 Å². The summed E-state index contributed by atoms with van der Waals surface area (Å²) in [4.78, 5) is 14.4. The van der Waals surface area contributed by atoms with Crippen LogP contribution in [0.15, 0.2) is 53.4 Å². The molecular formula is C18H23ClN2O3S. The summed E-state index contributed by atoms with van der Waals surface area (Å²) in [6.45, 7) is 1.91. The van der Waals surface area contributed by atoms with E-state index in [1.165, 1.54) is 6.26 Å². The van der Waals surface area contributed by atoms with Crippen molar-refractivity contribution in [2.45, 2.75) is 24.3 Å². The molecule has 1 amide bonds. The fraction of sp³-hybridized carbons (Fsp3) is 0.278. The van der Waals surface area contributed by atoms with Crippen LogP contribution in [0.4, 0.5) is 5.69 Å². The molecule has 0 heterocycles. The van der Waals surface area contributed by atoms with Crippen molar-refractivity contribution in [1.29, 1.82) is 0 Å². The molecule has 2 aromatic carbocycles. The smallest absolute Gasteiger partial charge is 0.227 e. The van der Waals surface area contributed by atoms with Gasteiger partial charge in [-0.05, 0) is 42.3 Å². The molecular weight excluding hydrogens is 360 g/mol. The number of nitrogens with two attached hydrogens (primary N) is 1. The van der Waals surface area contributed by atoms with E-state index in [0.717, 1.165) is 11.1 Å². The molecule has 136 valence electrons. The van der Waals surface area contributed by atoms with Gasteiger partial charge in [0, 0.05) is 19.0 Å². The molecule has 0 spiro atoms. The summed E-state index contributed by atoms with van der Waals surface area (Å²) in [6, 6.07) is 13.7. The Morgan fingerprint density at radius 2 is 1.60 bits per heavy atom. The van der Waals surface area contributed by atoms with E-state index in [-0.39, 0.29) is 29.3 Å². The van der Waals surface area contributed by atoms with Crippen molar-refractivity contribution in [3.8, 4) is 0 Å². The summed E-state index contributed by atoms with van der Waals surface area (Å²) >= 11 is 0. The van der Waals surface area contributed by atoms with Crippen molar-refractivity contribution in [1.82, 2.24) is 4.90 Å². The van der Waals surface area contributed by atoms with Gasteiger partial charge >= 0.3 is 0 Å². The van der Waals surface area contributed by atoms with Crippen molar-refractivity contribution in [2.24, 2.45) is 0 Å². The number of carbonyl (C=O) groups excluding carboxylic acids is 1. The molecule has 0 saturated heterocycles. The number of sulfone groups is 1. The largest absolute Gasteiger partial charge is 0.399 e. The van der Waals surface area contributed by atoms with Crippen LogP contribution in [0.1, 0.15) is 24.1 Å². The molecule has 2 aromatic rings. The lowest BCUT2D eigenvalue weighted by Crippen LogP contribution is -2.31. The Labute approximate surface area is 155 Å². The van der Waals surface area contributed by atoms with E-state index in [9.17, 15) is 13.2 Å². The van der Waals surface area contributed by atoms with Crippen molar-refractivity contribution >= 4 is 33.8 Å². The van der Waals surface area contributed by atoms with Gasteiger partial charge in [-0.1, -0.05) is 24.3 Å². The molecule has 25 heavy (non-hydrogen) atoms. The lowest BCUT2D eigenvalue weighted by molar-refractivity contribution is -0.131. The van der Waals surface area contributed by atoms with Gasteiger partial charge in [0.05, 0.1) is 17.4 Å². The van der Waals surface area contributed by atoms with Gasteiger partial charge < -0.3 is 10.6 Å². The molecule has 7 heteroatoms. The highest BCUT2D eigenvalue weighted by Gasteiger charge is 2.18. The number of nitrogen functional groups attached to an aromatic ring is 1. The SMILES string of the molecule is CC(c1ccc(S(C)(=O)=O)cc1)N(C)C(=O)Cc1ccc(N)cc1.Cl. The van der Waals surface area contributed by atoms with Crippen LogP contribution in [-0.2, 0) is 21.1 Å². The Hall–Kier alpha value is -2.05. The number of halogens is 1. The zero-order valence-electron chi connectivity index (χ0n) is 14.5. The lowest BCUT2D eigenvalue weighted by atomic mass is 10.1. The van der Waals surface area contributed by atoms with Crippen LogP contribution >= 0.6 is 12.4 Å². The molecule has 0 saturated carbocycles. The summed E-state index contributed by atoms with van der Waals surface area (Å²) in [5.74, 6) is -0.0144. The third kappa shape index (κ3) is 5.47. The fourth-order valence-corrected chi connectivity index (χ4v) is 3.00. The van der Waals surface area contributed by atoms with Crippen LogP contribution in [-0.4, -0.2) is 32.5 Å². The number of nitrogens with zero attached hydrogens (tertiary/aromatic N) is 1. The highest BCUT2D eigenvalue weighted by Crippen LogP contribution is 2.21. The summed E-state index contributed by atoms with van der Waals surface area (Å²) in [6.07, 6.45) is 1.47. The summed E-state index contributed by atoms with van der Waals surface area (Å²) in [5, 5.41) is 0. The number of likely N-dealkylation sites (N-methyl/N-ethyl adjacent to an activating group) is 1. The van der Waals surface area contributed by atoms with Gasteiger partial charge in [-0.15, -0.1) is 12.4 Å². The monoisotopic (exact) mass is 382 g/mol. The Morgan fingerprint density at radius 3 is 2.08 bits per heavy atom. The van der Waals surface area contributed by atoms with Gasteiger partial charge in [0.15, 0.2) is 9.84 Å². The fourth-order valence-electron chi connectivity index (χ4n) is 2.37. The lowest BCUT2D eigenvalue weighted by Gasteiger charge is -2.25. The number of rotatable bonds is 5. The maximum atomic E-state index is 12.4. The van der Waals surface area contributed by atoms with Crippen molar-refractivity contribution in [3.63, 3.8) is 0 Å². The van der Waals surface area contributed by atoms with Crippen LogP contribution in [0.5, 0.6) is 0 Å². The first-order chi connectivity index (χ1) is 11.2. The van der Waals surface area contributed by atoms with E-state index in [0.29, 0.717) is 12.1 Å². The molecule has 0 fully saturated rings. The topological polar surface area (TPSA) is 80.5 Å². The second-order valence-electron chi connectivity index (χ2n) is 5.94. The molecule has 0 bridgehead atoms.